The van der Waals surface area contributed by atoms with Crippen molar-refractivity contribution in [2.24, 2.45) is 0 Å². The van der Waals surface area contributed by atoms with Crippen LogP contribution in [0.25, 0.3) is 11.0 Å². The van der Waals surface area contributed by atoms with E-state index in [4.69, 9.17) is 16.3 Å². The number of rotatable bonds is 2. The fraction of sp³-hybridized carbons (Fsp3) is 0.118. The summed E-state index contributed by atoms with van der Waals surface area (Å²) in [5, 5.41) is 0.614. The van der Waals surface area contributed by atoms with E-state index in [0.717, 1.165) is 11.9 Å². The molecule has 0 saturated carbocycles. The summed E-state index contributed by atoms with van der Waals surface area (Å²) in [7, 11) is 0. The van der Waals surface area contributed by atoms with Crippen LogP contribution in [-0.2, 0) is 9.53 Å². The molecule has 1 aromatic heterocycles. The summed E-state index contributed by atoms with van der Waals surface area (Å²) in [4.78, 5) is 20.2. The highest BCUT2D eigenvalue weighted by Crippen LogP contribution is 2.15. The minimum absolute atomic E-state index is 0.0182. The molecule has 1 aliphatic rings. The zero-order valence-electron chi connectivity index (χ0n) is 11.5. The Balaban J connectivity index is 1.65. The lowest BCUT2D eigenvalue weighted by Gasteiger charge is -1.99. The third-order valence-corrected chi connectivity index (χ3v) is 3.24. The summed E-state index contributed by atoms with van der Waals surface area (Å²) >= 11 is 5.89. The standard InChI is InChI=1S/C17H11ClN2O2/c18-13-7-8-15-16(10-13)19-11-14(20-15)6-3-9-22-17(21)12-4-1-2-5-12/h1,4-5,7-8,10-11H,2,9H2. The molecule has 22 heavy (non-hydrogen) atoms. The van der Waals surface area contributed by atoms with E-state index in [1.807, 2.05) is 12.2 Å². The largest absolute Gasteiger partial charge is 0.449 e. The van der Waals surface area contributed by atoms with Crippen molar-refractivity contribution in [2.75, 3.05) is 6.61 Å². The smallest absolute Gasteiger partial charge is 0.338 e. The molecule has 4 nitrogen and oxygen atoms in total. The number of halogens is 1. The van der Waals surface area contributed by atoms with E-state index >= 15 is 0 Å². The van der Waals surface area contributed by atoms with Crippen LogP contribution in [0.2, 0.25) is 5.02 Å². The molecular formula is C17H11ClN2O2. The lowest BCUT2D eigenvalue weighted by molar-refractivity contribution is -0.137. The summed E-state index contributed by atoms with van der Waals surface area (Å²) in [6, 6.07) is 5.28. The molecule has 0 unspecified atom stereocenters. The Bertz CT molecular complexity index is 860. The number of esters is 1. The second kappa shape index (κ2) is 6.42. The Morgan fingerprint density at radius 3 is 3.09 bits per heavy atom. The van der Waals surface area contributed by atoms with Crippen molar-refractivity contribution in [1.29, 1.82) is 0 Å². The molecule has 5 heteroatoms. The van der Waals surface area contributed by atoms with Gasteiger partial charge in [-0.25, -0.2) is 9.78 Å². The lowest BCUT2D eigenvalue weighted by Crippen LogP contribution is -2.05. The number of allylic oxidation sites excluding steroid dienone is 2. The van der Waals surface area contributed by atoms with E-state index < -0.39 is 0 Å². The quantitative estimate of drug-likeness (QED) is 0.632. The number of nitrogens with zero attached hydrogens (tertiary/aromatic N) is 2. The number of benzene rings is 1. The van der Waals surface area contributed by atoms with Gasteiger partial charge in [-0.05, 0) is 30.5 Å². The first kappa shape index (κ1) is 14.3. The number of aromatic nitrogens is 2. The molecule has 0 aliphatic heterocycles. The van der Waals surface area contributed by atoms with Crippen LogP contribution in [0.15, 0.2) is 48.2 Å². The van der Waals surface area contributed by atoms with E-state index in [-0.39, 0.29) is 12.6 Å². The van der Waals surface area contributed by atoms with Gasteiger partial charge in [0, 0.05) is 5.02 Å². The Morgan fingerprint density at radius 1 is 1.36 bits per heavy atom. The van der Waals surface area contributed by atoms with Crippen molar-refractivity contribution in [3.8, 4) is 11.8 Å². The number of carbonyl (C=O) groups excluding carboxylic acids is 1. The Hall–Kier alpha value is -2.64. The number of hydrogen-bond acceptors (Lipinski definition) is 4. The number of ether oxygens (including phenoxy) is 1. The van der Waals surface area contributed by atoms with Gasteiger partial charge in [-0.3, -0.25) is 4.98 Å². The number of fused-ring (bicyclic) bond motifs is 1. The van der Waals surface area contributed by atoms with E-state index in [1.165, 1.54) is 0 Å². The summed E-state index contributed by atoms with van der Waals surface area (Å²) in [6.07, 6.45) is 7.80. The molecule has 0 N–H and O–H groups in total. The van der Waals surface area contributed by atoms with Crippen LogP contribution in [0, 0.1) is 11.8 Å². The normalized spacial score (nSPS) is 12.7. The van der Waals surface area contributed by atoms with Crippen LogP contribution in [0.3, 0.4) is 0 Å². The van der Waals surface area contributed by atoms with Crippen molar-refractivity contribution in [3.63, 3.8) is 0 Å². The van der Waals surface area contributed by atoms with Gasteiger partial charge in [-0.1, -0.05) is 35.7 Å². The molecular weight excluding hydrogens is 300 g/mol. The van der Waals surface area contributed by atoms with E-state index in [1.54, 1.807) is 30.5 Å². The van der Waals surface area contributed by atoms with Crippen molar-refractivity contribution in [2.45, 2.75) is 6.42 Å². The first-order chi connectivity index (χ1) is 10.7. The van der Waals surface area contributed by atoms with Crippen molar-refractivity contribution in [1.82, 2.24) is 9.97 Å². The van der Waals surface area contributed by atoms with Gasteiger partial charge in [0.2, 0.25) is 0 Å². The second-order valence-corrected chi connectivity index (χ2v) is 5.00. The van der Waals surface area contributed by atoms with Gasteiger partial charge < -0.3 is 4.74 Å². The van der Waals surface area contributed by atoms with Gasteiger partial charge in [0.15, 0.2) is 6.61 Å². The maximum Gasteiger partial charge on any atom is 0.338 e. The third kappa shape index (κ3) is 3.33. The second-order valence-electron chi connectivity index (χ2n) is 4.56. The average Bonchev–Trinajstić information content (AvgIpc) is 3.06. The van der Waals surface area contributed by atoms with Gasteiger partial charge in [0.1, 0.15) is 5.69 Å². The summed E-state index contributed by atoms with van der Waals surface area (Å²) < 4.78 is 5.05. The molecule has 0 atom stereocenters. The molecule has 0 bridgehead atoms. The summed E-state index contributed by atoms with van der Waals surface area (Å²) in [5.41, 5.74) is 2.52. The highest BCUT2D eigenvalue weighted by atomic mass is 35.5. The fourth-order valence-electron chi connectivity index (χ4n) is 1.97. The van der Waals surface area contributed by atoms with Crippen LogP contribution >= 0.6 is 11.6 Å². The van der Waals surface area contributed by atoms with Gasteiger partial charge in [0.25, 0.3) is 0 Å². The molecule has 1 aliphatic carbocycles. The first-order valence-corrected chi connectivity index (χ1v) is 7.05. The van der Waals surface area contributed by atoms with Gasteiger partial charge in [-0.15, -0.1) is 0 Å². The zero-order chi connectivity index (χ0) is 15.4. The first-order valence-electron chi connectivity index (χ1n) is 6.67. The van der Waals surface area contributed by atoms with Crippen LogP contribution < -0.4 is 0 Å². The minimum Gasteiger partial charge on any atom is -0.449 e. The fourth-order valence-corrected chi connectivity index (χ4v) is 2.13. The molecule has 0 amide bonds. The summed E-state index contributed by atoms with van der Waals surface area (Å²) in [5.74, 6) is 5.23. The van der Waals surface area contributed by atoms with E-state index in [2.05, 4.69) is 21.8 Å². The molecule has 108 valence electrons. The van der Waals surface area contributed by atoms with Crippen molar-refractivity contribution < 1.29 is 9.53 Å². The SMILES string of the molecule is O=C(OCC#Cc1cnc2cc(Cl)ccc2n1)C1=CCC=C1. The topological polar surface area (TPSA) is 52.1 Å². The third-order valence-electron chi connectivity index (χ3n) is 3.00. The number of hydrogen-bond donors (Lipinski definition) is 0. The molecule has 1 aromatic carbocycles. The van der Waals surface area contributed by atoms with Gasteiger partial charge in [0.05, 0.1) is 22.8 Å². The van der Waals surface area contributed by atoms with Crippen molar-refractivity contribution in [3.05, 3.63) is 58.9 Å². The van der Waals surface area contributed by atoms with Gasteiger partial charge >= 0.3 is 5.97 Å². The Morgan fingerprint density at radius 2 is 2.27 bits per heavy atom. The predicted octanol–water partition coefficient (Wildman–Crippen LogP) is 3.06. The molecule has 0 spiro atoms. The maximum absolute atomic E-state index is 11.6. The molecule has 2 aromatic rings. The molecule has 0 fully saturated rings. The minimum atomic E-state index is -0.359. The Kier molecular flexibility index (Phi) is 4.17. The van der Waals surface area contributed by atoms with Crippen LogP contribution in [-0.4, -0.2) is 22.5 Å². The Labute approximate surface area is 132 Å². The van der Waals surface area contributed by atoms with E-state index in [9.17, 15) is 4.79 Å². The van der Waals surface area contributed by atoms with Crippen molar-refractivity contribution >= 4 is 28.6 Å². The molecule has 1 heterocycles. The molecule has 0 saturated heterocycles. The molecule has 3 rings (SSSR count). The zero-order valence-corrected chi connectivity index (χ0v) is 12.3. The highest BCUT2D eigenvalue weighted by Gasteiger charge is 2.08. The van der Waals surface area contributed by atoms with E-state index in [0.29, 0.717) is 21.8 Å². The number of carbonyl (C=O) groups is 1. The van der Waals surface area contributed by atoms with Crippen LogP contribution in [0.4, 0.5) is 0 Å². The average molecular weight is 311 g/mol. The monoisotopic (exact) mass is 310 g/mol. The predicted molar refractivity (Wildman–Crippen MR) is 84.2 cm³/mol. The highest BCUT2D eigenvalue weighted by molar-refractivity contribution is 6.31. The summed E-state index contributed by atoms with van der Waals surface area (Å²) in [6.45, 7) is 0.0182. The van der Waals surface area contributed by atoms with Crippen LogP contribution in [0.5, 0.6) is 0 Å². The van der Waals surface area contributed by atoms with Crippen LogP contribution in [0.1, 0.15) is 12.1 Å². The molecule has 0 radical (unpaired) electrons. The lowest BCUT2D eigenvalue weighted by atomic mass is 10.3. The maximum atomic E-state index is 11.6. The van der Waals surface area contributed by atoms with Gasteiger partial charge in [-0.2, -0.15) is 0 Å².